The van der Waals surface area contributed by atoms with E-state index in [0.29, 0.717) is 5.56 Å². The van der Waals surface area contributed by atoms with E-state index in [2.05, 4.69) is 11.2 Å². The number of carbonyl (C=O) groups is 1. The summed E-state index contributed by atoms with van der Waals surface area (Å²) in [5.74, 6) is 0.0508. The molecule has 4 rings (SSSR count). The Morgan fingerprint density at radius 1 is 1.36 bits per heavy atom. The Kier molecular flexibility index (Phi) is 3.18. The second kappa shape index (κ2) is 5.21. The van der Waals surface area contributed by atoms with Gasteiger partial charge in [0, 0.05) is 19.8 Å². The lowest BCUT2D eigenvalue weighted by Gasteiger charge is -2.22. The van der Waals surface area contributed by atoms with Crippen molar-refractivity contribution in [1.29, 1.82) is 0 Å². The van der Waals surface area contributed by atoms with Crippen LogP contribution in [0.25, 0.3) is 10.2 Å². The summed E-state index contributed by atoms with van der Waals surface area (Å²) in [7, 11) is 1.83. The third kappa shape index (κ3) is 2.20. The number of hydrogen-bond donors (Lipinski definition) is 0. The minimum absolute atomic E-state index is 0.0508. The zero-order valence-electron chi connectivity index (χ0n) is 12.3. The van der Waals surface area contributed by atoms with Crippen molar-refractivity contribution >= 4 is 27.5 Å². The van der Waals surface area contributed by atoms with E-state index in [-0.39, 0.29) is 11.9 Å². The maximum Gasteiger partial charge on any atom is 0.257 e. The molecule has 112 valence electrons. The van der Waals surface area contributed by atoms with Crippen LogP contribution in [0.3, 0.4) is 0 Å². The van der Waals surface area contributed by atoms with Crippen LogP contribution in [0.5, 0.6) is 0 Å². The van der Waals surface area contributed by atoms with E-state index in [9.17, 15) is 4.79 Å². The first kappa shape index (κ1) is 13.5. The Bertz CT molecular complexity index is 804. The zero-order chi connectivity index (χ0) is 15.1. The highest BCUT2D eigenvalue weighted by molar-refractivity contribution is 7.18. The highest BCUT2D eigenvalue weighted by Gasteiger charge is 2.33. The number of benzene rings is 1. The minimum atomic E-state index is 0.0508. The van der Waals surface area contributed by atoms with Gasteiger partial charge in [-0.3, -0.25) is 9.48 Å². The van der Waals surface area contributed by atoms with Gasteiger partial charge in [-0.1, -0.05) is 12.1 Å². The lowest BCUT2D eigenvalue weighted by atomic mass is 10.2. The SMILES string of the molecule is Cn1cc(C(=O)N2CCC[C@H]2c2nc3ccccc3s2)cn1. The van der Waals surface area contributed by atoms with Gasteiger partial charge in [0.25, 0.3) is 5.91 Å². The van der Waals surface area contributed by atoms with Crippen molar-refractivity contribution in [2.45, 2.75) is 18.9 Å². The van der Waals surface area contributed by atoms with Gasteiger partial charge in [0.2, 0.25) is 0 Å². The van der Waals surface area contributed by atoms with Crippen molar-refractivity contribution in [3.8, 4) is 0 Å². The number of aryl methyl sites for hydroxylation is 1. The Balaban J connectivity index is 1.67. The van der Waals surface area contributed by atoms with Gasteiger partial charge in [-0.25, -0.2) is 4.98 Å². The number of nitrogens with zero attached hydrogens (tertiary/aromatic N) is 4. The molecule has 0 radical (unpaired) electrons. The highest BCUT2D eigenvalue weighted by atomic mass is 32.1. The van der Waals surface area contributed by atoms with E-state index < -0.39 is 0 Å². The number of amides is 1. The fourth-order valence-electron chi connectivity index (χ4n) is 3.00. The van der Waals surface area contributed by atoms with E-state index in [0.717, 1.165) is 29.9 Å². The van der Waals surface area contributed by atoms with E-state index in [4.69, 9.17) is 4.98 Å². The lowest BCUT2D eigenvalue weighted by molar-refractivity contribution is 0.0735. The Labute approximate surface area is 132 Å². The highest BCUT2D eigenvalue weighted by Crippen LogP contribution is 2.37. The minimum Gasteiger partial charge on any atom is -0.329 e. The molecule has 1 aliphatic rings. The predicted molar refractivity (Wildman–Crippen MR) is 85.8 cm³/mol. The van der Waals surface area contributed by atoms with E-state index >= 15 is 0 Å². The molecule has 1 aromatic carbocycles. The van der Waals surface area contributed by atoms with Gasteiger partial charge in [-0.2, -0.15) is 5.10 Å². The average molecular weight is 312 g/mol. The van der Waals surface area contributed by atoms with Crippen LogP contribution in [0, 0.1) is 0 Å². The summed E-state index contributed by atoms with van der Waals surface area (Å²) in [5, 5.41) is 5.14. The third-order valence-corrected chi connectivity index (χ3v) is 5.20. The summed E-state index contributed by atoms with van der Waals surface area (Å²) in [4.78, 5) is 19.4. The number of para-hydroxylation sites is 1. The second-order valence-corrected chi connectivity index (χ2v) is 6.64. The summed E-state index contributed by atoms with van der Waals surface area (Å²) < 4.78 is 2.84. The van der Waals surface area contributed by atoms with Crippen LogP contribution in [0.1, 0.15) is 34.2 Å². The van der Waals surface area contributed by atoms with Crippen molar-refractivity contribution in [2.24, 2.45) is 7.05 Å². The molecule has 2 aromatic heterocycles. The summed E-state index contributed by atoms with van der Waals surface area (Å²) in [5.41, 5.74) is 1.67. The maximum atomic E-state index is 12.7. The third-order valence-electron chi connectivity index (χ3n) is 4.06. The van der Waals surface area contributed by atoms with Crippen LogP contribution in [0.4, 0.5) is 0 Å². The Morgan fingerprint density at radius 3 is 3.00 bits per heavy atom. The molecule has 1 amide bonds. The van der Waals surface area contributed by atoms with Gasteiger partial charge in [0.15, 0.2) is 0 Å². The van der Waals surface area contributed by atoms with Crippen LogP contribution in [0.2, 0.25) is 0 Å². The van der Waals surface area contributed by atoms with Gasteiger partial charge in [0.1, 0.15) is 5.01 Å². The molecule has 0 spiro atoms. The van der Waals surface area contributed by atoms with Crippen molar-refractivity contribution in [3.63, 3.8) is 0 Å². The molecule has 1 atom stereocenters. The largest absolute Gasteiger partial charge is 0.329 e. The number of fused-ring (bicyclic) bond motifs is 1. The average Bonchev–Trinajstić information content (AvgIpc) is 3.24. The summed E-state index contributed by atoms with van der Waals surface area (Å²) in [6.07, 6.45) is 5.41. The molecule has 5 nitrogen and oxygen atoms in total. The number of aromatic nitrogens is 3. The standard InChI is InChI=1S/C16H16N4OS/c1-19-10-11(9-17-19)16(21)20-8-4-6-13(20)15-18-12-5-2-3-7-14(12)22-15/h2-3,5,7,9-10,13H,4,6,8H2,1H3/t13-/m0/s1. The van der Waals surface area contributed by atoms with E-state index in [1.54, 1.807) is 28.4 Å². The maximum absolute atomic E-state index is 12.7. The lowest BCUT2D eigenvalue weighted by Crippen LogP contribution is -2.30. The molecular weight excluding hydrogens is 296 g/mol. The molecule has 22 heavy (non-hydrogen) atoms. The number of hydrogen-bond acceptors (Lipinski definition) is 4. The molecule has 1 aliphatic heterocycles. The number of likely N-dealkylation sites (tertiary alicyclic amines) is 1. The molecule has 1 saturated heterocycles. The van der Waals surface area contributed by atoms with Gasteiger partial charge in [0.05, 0.1) is 28.0 Å². The van der Waals surface area contributed by atoms with E-state index in [1.165, 1.54) is 4.70 Å². The normalized spacial score (nSPS) is 18.2. The molecule has 0 N–H and O–H groups in total. The number of carbonyl (C=O) groups excluding carboxylic acids is 1. The van der Waals surface area contributed by atoms with E-state index in [1.807, 2.05) is 30.1 Å². The number of rotatable bonds is 2. The zero-order valence-corrected chi connectivity index (χ0v) is 13.1. The van der Waals surface area contributed by atoms with Crippen molar-refractivity contribution in [2.75, 3.05) is 6.54 Å². The predicted octanol–water partition coefficient (Wildman–Crippen LogP) is 3.01. The summed E-state index contributed by atoms with van der Waals surface area (Å²) in [6, 6.07) is 8.22. The molecular formula is C16H16N4OS. The summed E-state index contributed by atoms with van der Waals surface area (Å²) >= 11 is 1.69. The Hall–Kier alpha value is -2.21. The monoisotopic (exact) mass is 312 g/mol. The molecule has 0 aliphatic carbocycles. The fraction of sp³-hybridized carbons (Fsp3) is 0.312. The topological polar surface area (TPSA) is 51.0 Å². The van der Waals surface area contributed by atoms with Gasteiger partial charge in [-0.15, -0.1) is 11.3 Å². The number of thiazole rings is 1. The fourth-order valence-corrected chi connectivity index (χ4v) is 4.11. The van der Waals surface area contributed by atoms with Gasteiger partial charge < -0.3 is 4.90 Å². The van der Waals surface area contributed by atoms with Crippen molar-refractivity contribution < 1.29 is 4.79 Å². The first-order valence-electron chi connectivity index (χ1n) is 7.37. The van der Waals surface area contributed by atoms with Crippen molar-refractivity contribution in [1.82, 2.24) is 19.7 Å². The molecule has 3 aromatic rings. The molecule has 0 bridgehead atoms. The molecule has 0 saturated carbocycles. The van der Waals surface area contributed by atoms with Crippen LogP contribution in [-0.2, 0) is 7.05 Å². The van der Waals surface area contributed by atoms with Crippen LogP contribution in [-0.4, -0.2) is 32.1 Å². The quantitative estimate of drug-likeness (QED) is 0.731. The first-order chi connectivity index (χ1) is 10.7. The molecule has 3 heterocycles. The van der Waals surface area contributed by atoms with Crippen molar-refractivity contribution in [3.05, 3.63) is 47.2 Å². The second-order valence-electron chi connectivity index (χ2n) is 5.58. The molecule has 1 fully saturated rings. The van der Waals surface area contributed by atoms with Gasteiger partial charge in [-0.05, 0) is 25.0 Å². The first-order valence-corrected chi connectivity index (χ1v) is 8.19. The smallest absolute Gasteiger partial charge is 0.257 e. The summed E-state index contributed by atoms with van der Waals surface area (Å²) in [6.45, 7) is 0.786. The van der Waals surface area contributed by atoms with Crippen LogP contribution >= 0.6 is 11.3 Å². The molecule has 0 unspecified atom stereocenters. The van der Waals surface area contributed by atoms with Gasteiger partial charge >= 0.3 is 0 Å². The van der Waals surface area contributed by atoms with Crippen LogP contribution < -0.4 is 0 Å². The Morgan fingerprint density at radius 2 is 2.23 bits per heavy atom. The van der Waals surface area contributed by atoms with Crippen LogP contribution in [0.15, 0.2) is 36.7 Å². The molecule has 6 heteroatoms.